The van der Waals surface area contributed by atoms with Crippen molar-refractivity contribution in [2.75, 3.05) is 6.61 Å². The molecule has 0 atom stereocenters. The van der Waals surface area contributed by atoms with Gasteiger partial charge in [-0.1, -0.05) is 0 Å². The Hall–Kier alpha value is -1.68. The van der Waals surface area contributed by atoms with Crippen LogP contribution in [0.25, 0.3) is 10.9 Å². The quantitative estimate of drug-likeness (QED) is 0.730. The van der Waals surface area contributed by atoms with Gasteiger partial charge in [-0.05, 0) is 18.2 Å². The summed E-state index contributed by atoms with van der Waals surface area (Å²) in [6.07, 6.45) is 2.50. The Labute approximate surface area is 80.8 Å². The van der Waals surface area contributed by atoms with E-state index in [1.54, 1.807) is 23.0 Å². The molecule has 0 bridgehead atoms. The molecule has 1 N–H and O–H groups in total. The van der Waals surface area contributed by atoms with Crippen molar-refractivity contribution in [3.8, 4) is 0 Å². The van der Waals surface area contributed by atoms with E-state index in [0.717, 1.165) is 17.2 Å². The number of carbonyl (C=O) groups is 1. The second-order valence-corrected chi connectivity index (χ2v) is 3.03. The van der Waals surface area contributed by atoms with E-state index >= 15 is 0 Å². The van der Waals surface area contributed by atoms with Gasteiger partial charge in [0.05, 0.1) is 24.9 Å². The highest BCUT2D eigenvalue weighted by atomic mass is 16.3. The summed E-state index contributed by atoms with van der Waals surface area (Å²) in [5.41, 5.74) is 1.57. The van der Waals surface area contributed by atoms with Gasteiger partial charge in [0.2, 0.25) is 0 Å². The highest BCUT2D eigenvalue weighted by molar-refractivity contribution is 5.86. The topological polar surface area (TPSA) is 55.1 Å². The van der Waals surface area contributed by atoms with Crippen LogP contribution in [0.4, 0.5) is 0 Å². The highest BCUT2D eigenvalue weighted by Gasteiger charge is 2.02. The van der Waals surface area contributed by atoms with Crippen LogP contribution in [0.1, 0.15) is 10.4 Å². The number of aliphatic hydroxyl groups excluding tert-OH is 1. The molecule has 0 radical (unpaired) electrons. The van der Waals surface area contributed by atoms with E-state index in [1.165, 1.54) is 0 Å². The van der Waals surface area contributed by atoms with E-state index in [1.807, 2.05) is 6.07 Å². The number of aliphatic hydroxyl groups is 1. The van der Waals surface area contributed by atoms with Crippen molar-refractivity contribution in [1.29, 1.82) is 0 Å². The Bertz CT molecular complexity index is 462. The van der Waals surface area contributed by atoms with E-state index in [4.69, 9.17) is 5.11 Å². The zero-order valence-electron chi connectivity index (χ0n) is 7.55. The summed E-state index contributed by atoms with van der Waals surface area (Å²) in [6, 6.07) is 5.36. The number of nitrogens with zero attached hydrogens (tertiary/aromatic N) is 2. The van der Waals surface area contributed by atoms with Crippen molar-refractivity contribution < 1.29 is 9.90 Å². The number of fused-ring (bicyclic) bond motifs is 1. The summed E-state index contributed by atoms with van der Waals surface area (Å²) in [5, 5.41) is 13.8. The van der Waals surface area contributed by atoms with Gasteiger partial charge < -0.3 is 5.11 Å². The lowest BCUT2D eigenvalue weighted by molar-refractivity contribution is 0.112. The maximum Gasteiger partial charge on any atom is 0.150 e. The molecule has 0 aliphatic carbocycles. The lowest BCUT2D eigenvalue weighted by atomic mass is 10.2. The normalized spacial score (nSPS) is 10.6. The molecule has 14 heavy (non-hydrogen) atoms. The fourth-order valence-electron chi connectivity index (χ4n) is 1.45. The third kappa shape index (κ3) is 1.40. The van der Waals surface area contributed by atoms with Crippen LogP contribution >= 0.6 is 0 Å². The summed E-state index contributed by atoms with van der Waals surface area (Å²) in [7, 11) is 0. The minimum atomic E-state index is 0.0617. The van der Waals surface area contributed by atoms with Crippen molar-refractivity contribution in [2.24, 2.45) is 0 Å². The lowest BCUT2D eigenvalue weighted by Gasteiger charge is -1.99. The van der Waals surface area contributed by atoms with E-state index in [0.29, 0.717) is 12.1 Å². The number of benzene rings is 1. The molecule has 72 valence electrons. The zero-order chi connectivity index (χ0) is 9.97. The fourth-order valence-corrected chi connectivity index (χ4v) is 1.45. The zero-order valence-corrected chi connectivity index (χ0v) is 7.55. The van der Waals surface area contributed by atoms with Gasteiger partial charge in [-0.2, -0.15) is 5.10 Å². The molecule has 0 saturated carbocycles. The van der Waals surface area contributed by atoms with E-state index in [9.17, 15) is 4.79 Å². The van der Waals surface area contributed by atoms with Gasteiger partial charge in [-0.25, -0.2) is 0 Å². The van der Waals surface area contributed by atoms with Crippen molar-refractivity contribution in [2.45, 2.75) is 6.54 Å². The molecule has 2 rings (SSSR count). The third-order valence-electron chi connectivity index (χ3n) is 2.11. The van der Waals surface area contributed by atoms with Crippen LogP contribution < -0.4 is 0 Å². The SMILES string of the molecule is O=Cc1ccc2c(cnn2CCO)c1. The van der Waals surface area contributed by atoms with Crippen LogP contribution in [-0.4, -0.2) is 27.8 Å². The monoisotopic (exact) mass is 190 g/mol. The standard InChI is InChI=1S/C10H10N2O2/c13-4-3-12-10-2-1-8(7-14)5-9(10)6-11-12/h1-2,5-7,13H,3-4H2. The first kappa shape index (κ1) is 8.90. The van der Waals surface area contributed by atoms with Crippen LogP contribution in [0.3, 0.4) is 0 Å². The first-order valence-corrected chi connectivity index (χ1v) is 4.37. The van der Waals surface area contributed by atoms with Crippen LogP contribution in [0, 0.1) is 0 Å². The molecule has 2 aromatic rings. The number of rotatable bonds is 3. The summed E-state index contributed by atoms with van der Waals surface area (Å²) in [6.45, 7) is 0.538. The Kier molecular flexibility index (Phi) is 2.28. The second kappa shape index (κ2) is 3.59. The van der Waals surface area contributed by atoms with Crippen LogP contribution in [0.2, 0.25) is 0 Å². The molecule has 0 spiro atoms. The van der Waals surface area contributed by atoms with Crippen molar-refractivity contribution in [3.63, 3.8) is 0 Å². The Morgan fingerprint density at radius 3 is 3.07 bits per heavy atom. The molecular weight excluding hydrogens is 180 g/mol. The highest BCUT2D eigenvalue weighted by Crippen LogP contribution is 2.14. The van der Waals surface area contributed by atoms with Crippen molar-refractivity contribution >= 4 is 17.2 Å². The average molecular weight is 190 g/mol. The van der Waals surface area contributed by atoms with Crippen LogP contribution in [-0.2, 0) is 6.54 Å². The molecule has 1 aromatic carbocycles. The van der Waals surface area contributed by atoms with Crippen LogP contribution in [0.15, 0.2) is 24.4 Å². The predicted octanol–water partition coefficient (Wildman–Crippen LogP) is 0.841. The number of carbonyl (C=O) groups excluding carboxylic acids is 1. The van der Waals surface area contributed by atoms with E-state index < -0.39 is 0 Å². The van der Waals surface area contributed by atoms with Gasteiger partial charge in [-0.15, -0.1) is 0 Å². The lowest BCUT2D eigenvalue weighted by Crippen LogP contribution is -2.03. The molecule has 4 nitrogen and oxygen atoms in total. The van der Waals surface area contributed by atoms with Gasteiger partial charge in [-0.3, -0.25) is 9.48 Å². The fraction of sp³-hybridized carbons (Fsp3) is 0.200. The molecule has 4 heteroatoms. The molecule has 0 unspecified atom stereocenters. The summed E-state index contributed by atoms with van der Waals surface area (Å²) >= 11 is 0. The van der Waals surface area contributed by atoms with Gasteiger partial charge in [0.15, 0.2) is 0 Å². The third-order valence-corrected chi connectivity index (χ3v) is 2.11. The molecule has 1 aromatic heterocycles. The number of aromatic nitrogens is 2. The largest absolute Gasteiger partial charge is 0.394 e. The number of hydrogen-bond acceptors (Lipinski definition) is 3. The number of aldehydes is 1. The van der Waals surface area contributed by atoms with Crippen LogP contribution in [0.5, 0.6) is 0 Å². The second-order valence-electron chi connectivity index (χ2n) is 3.03. The van der Waals surface area contributed by atoms with Gasteiger partial charge in [0, 0.05) is 10.9 Å². The smallest absolute Gasteiger partial charge is 0.150 e. The minimum Gasteiger partial charge on any atom is -0.394 e. The van der Waals surface area contributed by atoms with Crippen molar-refractivity contribution in [1.82, 2.24) is 9.78 Å². The molecule has 0 amide bonds. The maximum atomic E-state index is 10.5. The first-order valence-electron chi connectivity index (χ1n) is 4.37. The Morgan fingerprint density at radius 2 is 2.36 bits per heavy atom. The molecular formula is C10H10N2O2. The maximum absolute atomic E-state index is 10.5. The number of hydrogen-bond donors (Lipinski definition) is 1. The summed E-state index contributed by atoms with van der Waals surface area (Å²) in [4.78, 5) is 10.5. The van der Waals surface area contributed by atoms with Gasteiger partial charge in [0.1, 0.15) is 6.29 Å². The summed E-state index contributed by atoms with van der Waals surface area (Å²) < 4.78 is 1.71. The predicted molar refractivity (Wildman–Crippen MR) is 52.2 cm³/mol. The molecule has 0 fully saturated rings. The minimum absolute atomic E-state index is 0.0617. The molecule has 1 heterocycles. The molecule has 0 aliphatic rings. The van der Waals surface area contributed by atoms with Gasteiger partial charge in [0.25, 0.3) is 0 Å². The van der Waals surface area contributed by atoms with E-state index in [-0.39, 0.29) is 6.61 Å². The summed E-state index contributed by atoms with van der Waals surface area (Å²) in [5.74, 6) is 0. The molecule has 0 aliphatic heterocycles. The Balaban J connectivity index is 2.53. The van der Waals surface area contributed by atoms with E-state index in [2.05, 4.69) is 5.10 Å². The Morgan fingerprint density at radius 1 is 1.50 bits per heavy atom. The van der Waals surface area contributed by atoms with Gasteiger partial charge >= 0.3 is 0 Å². The molecule has 0 saturated heterocycles. The first-order chi connectivity index (χ1) is 6.85. The average Bonchev–Trinajstić information content (AvgIpc) is 2.61. The van der Waals surface area contributed by atoms with Crippen molar-refractivity contribution in [3.05, 3.63) is 30.0 Å².